The number of rotatable bonds is 19. The van der Waals surface area contributed by atoms with E-state index in [-0.39, 0.29) is 12.1 Å². The topological polar surface area (TPSA) is 180 Å². The van der Waals surface area contributed by atoms with Gasteiger partial charge < -0.3 is 14.2 Å². The standard InChI is InChI=1S/C29H35N7O6/c1-40-29(39)21-18-25(41-16-10-4-2-8-14-32-34-30)24(26(19-21)42-17-11-5-3-9-15-33-35-31)20-36-27(37)22-12-6-7-13-23(22)28(36)38/h6-7,12-13,18-19H,2-5,8-11,14-17,20H2,1H3. The molecule has 0 saturated carbocycles. The number of azide groups is 2. The number of esters is 1. The van der Waals surface area contributed by atoms with Gasteiger partial charge in [-0.2, -0.15) is 0 Å². The molecule has 0 aliphatic carbocycles. The zero-order valence-electron chi connectivity index (χ0n) is 23.7. The lowest BCUT2D eigenvalue weighted by Crippen LogP contribution is -2.29. The number of imide groups is 1. The second-order valence-electron chi connectivity index (χ2n) is 9.62. The SMILES string of the molecule is COC(=O)c1cc(OCCCCCCN=[N+]=[N-])c(CN2C(=O)c3ccccc3C2=O)c(OCCCCCCN=[N+]=[N-])c1. The smallest absolute Gasteiger partial charge is 0.338 e. The number of hydrogen-bond acceptors (Lipinski definition) is 8. The molecular weight excluding hydrogens is 542 g/mol. The largest absolute Gasteiger partial charge is 0.493 e. The van der Waals surface area contributed by atoms with Crippen LogP contribution < -0.4 is 9.47 Å². The number of hydrogen-bond donors (Lipinski definition) is 0. The van der Waals surface area contributed by atoms with E-state index in [9.17, 15) is 14.4 Å². The lowest BCUT2D eigenvalue weighted by Gasteiger charge is -2.21. The van der Waals surface area contributed by atoms with Gasteiger partial charge in [0.25, 0.3) is 11.8 Å². The lowest BCUT2D eigenvalue weighted by atomic mass is 10.1. The molecule has 2 amide bonds. The van der Waals surface area contributed by atoms with Gasteiger partial charge in [0, 0.05) is 22.9 Å². The van der Waals surface area contributed by atoms with Crippen LogP contribution in [0.25, 0.3) is 20.9 Å². The zero-order chi connectivity index (χ0) is 30.2. The first-order chi connectivity index (χ1) is 20.5. The summed E-state index contributed by atoms with van der Waals surface area (Å²) >= 11 is 0. The van der Waals surface area contributed by atoms with Gasteiger partial charge >= 0.3 is 5.97 Å². The van der Waals surface area contributed by atoms with Crippen molar-refractivity contribution in [2.24, 2.45) is 10.2 Å². The van der Waals surface area contributed by atoms with E-state index >= 15 is 0 Å². The molecule has 0 radical (unpaired) electrons. The summed E-state index contributed by atoms with van der Waals surface area (Å²) in [5.74, 6) is -0.747. The number of fused-ring (bicyclic) bond motifs is 1. The van der Waals surface area contributed by atoms with Crippen molar-refractivity contribution in [1.82, 2.24) is 4.90 Å². The highest BCUT2D eigenvalue weighted by Gasteiger charge is 2.36. The molecule has 0 aromatic heterocycles. The van der Waals surface area contributed by atoms with E-state index in [0.29, 0.717) is 67.3 Å². The number of carbonyl (C=O) groups is 3. The molecule has 0 fully saturated rings. The molecule has 222 valence electrons. The van der Waals surface area contributed by atoms with Crippen LogP contribution in [-0.4, -0.2) is 56.1 Å². The minimum absolute atomic E-state index is 0.100. The van der Waals surface area contributed by atoms with Gasteiger partial charge in [0.05, 0.1) is 49.1 Å². The molecule has 2 aromatic carbocycles. The molecule has 1 heterocycles. The van der Waals surface area contributed by atoms with Crippen LogP contribution >= 0.6 is 0 Å². The van der Waals surface area contributed by atoms with Gasteiger partial charge in [-0.15, -0.1) is 0 Å². The van der Waals surface area contributed by atoms with Crippen molar-refractivity contribution in [1.29, 1.82) is 0 Å². The Balaban J connectivity index is 1.81. The Bertz CT molecular complexity index is 1260. The molecule has 0 atom stereocenters. The minimum atomic E-state index is -0.576. The monoisotopic (exact) mass is 577 g/mol. The first-order valence-corrected chi connectivity index (χ1v) is 14.0. The highest BCUT2D eigenvalue weighted by atomic mass is 16.5. The molecule has 13 nitrogen and oxygen atoms in total. The summed E-state index contributed by atoms with van der Waals surface area (Å²) in [6.07, 6.45) is 6.37. The molecule has 0 spiro atoms. The lowest BCUT2D eigenvalue weighted by molar-refractivity contribution is 0.0594. The molecular formula is C29H35N7O6. The van der Waals surface area contributed by atoms with Crippen molar-refractivity contribution in [3.8, 4) is 11.5 Å². The quantitative estimate of drug-likeness (QED) is 0.0443. The van der Waals surface area contributed by atoms with E-state index in [0.717, 1.165) is 43.4 Å². The average Bonchev–Trinajstić information content (AvgIpc) is 3.25. The van der Waals surface area contributed by atoms with E-state index in [1.807, 2.05) is 0 Å². The van der Waals surface area contributed by atoms with Gasteiger partial charge in [-0.05, 0) is 61.0 Å². The summed E-state index contributed by atoms with van der Waals surface area (Å²) in [6, 6.07) is 9.75. The van der Waals surface area contributed by atoms with Gasteiger partial charge in [0.1, 0.15) is 11.5 Å². The Hall–Kier alpha value is -4.73. The summed E-state index contributed by atoms with van der Waals surface area (Å²) in [4.78, 5) is 45.5. The Labute approximate surface area is 244 Å². The molecule has 2 aromatic rings. The molecule has 1 aliphatic rings. The fraction of sp³-hybridized carbons (Fsp3) is 0.483. The first-order valence-electron chi connectivity index (χ1n) is 14.0. The molecule has 13 heteroatoms. The van der Waals surface area contributed by atoms with Crippen molar-refractivity contribution in [2.45, 2.75) is 57.9 Å². The molecule has 0 N–H and O–H groups in total. The van der Waals surface area contributed by atoms with E-state index in [2.05, 4.69) is 20.1 Å². The highest BCUT2D eigenvalue weighted by molar-refractivity contribution is 6.21. The van der Waals surface area contributed by atoms with Crippen LogP contribution in [0.5, 0.6) is 11.5 Å². The Morgan fingerprint density at radius 2 is 1.26 bits per heavy atom. The van der Waals surface area contributed by atoms with Crippen LogP contribution in [0.4, 0.5) is 0 Å². The van der Waals surface area contributed by atoms with Gasteiger partial charge in [-0.25, -0.2) is 4.79 Å². The summed E-state index contributed by atoms with van der Waals surface area (Å²) in [5.41, 5.74) is 18.2. The van der Waals surface area contributed by atoms with E-state index in [1.54, 1.807) is 36.4 Å². The third kappa shape index (κ3) is 8.89. The van der Waals surface area contributed by atoms with Crippen LogP contribution in [-0.2, 0) is 11.3 Å². The predicted octanol–water partition coefficient (Wildman–Crippen LogP) is 6.77. The maximum atomic E-state index is 13.2. The van der Waals surface area contributed by atoms with E-state index in [4.69, 9.17) is 25.3 Å². The zero-order valence-corrected chi connectivity index (χ0v) is 23.7. The van der Waals surface area contributed by atoms with E-state index < -0.39 is 17.8 Å². The third-order valence-corrected chi connectivity index (χ3v) is 6.73. The predicted molar refractivity (Wildman–Crippen MR) is 154 cm³/mol. The number of methoxy groups -OCH3 is 1. The summed E-state index contributed by atoms with van der Waals surface area (Å²) in [6.45, 7) is 1.43. The molecule has 0 bridgehead atoms. The number of nitrogens with zero attached hydrogens (tertiary/aromatic N) is 7. The fourth-order valence-corrected chi connectivity index (χ4v) is 4.54. The molecule has 0 saturated heterocycles. The van der Waals surface area contributed by atoms with Gasteiger partial charge in [-0.1, -0.05) is 48.0 Å². The van der Waals surface area contributed by atoms with Crippen molar-refractivity contribution in [3.05, 3.63) is 79.5 Å². The second kappa shape index (κ2) is 17.2. The van der Waals surface area contributed by atoms with Gasteiger partial charge in [-0.3, -0.25) is 14.5 Å². The number of unbranched alkanes of at least 4 members (excludes halogenated alkanes) is 6. The average molecular weight is 578 g/mol. The number of ether oxygens (including phenoxy) is 3. The number of benzene rings is 2. The summed E-state index contributed by atoms with van der Waals surface area (Å²) in [5, 5.41) is 7.07. The van der Waals surface area contributed by atoms with Crippen molar-refractivity contribution < 1.29 is 28.6 Å². The Kier molecular flexibility index (Phi) is 13.0. The van der Waals surface area contributed by atoms with Crippen LogP contribution in [0.1, 0.15) is 88.0 Å². The summed E-state index contributed by atoms with van der Waals surface area (Å²) < 4.78 is 17.2. The van der Waals surface area contributed by atoms with E-state index in [1.165, 1.54) is 7.11 Å². The van der Waals surface area contributed by atoms with Crippen LogP contribution in [0, 0.1) is 0 Å². The first kappa shape index (κ1) is 31.8. The second-order valence-corrected chi connectivity index (χ2v) is 9.62. The highest BCUT2D eigenvalue weighted by Crippen LogP contribution is 2.35. The molecule has 1 aliphatic heterocycles. The number of amides is 2. The molecule has 42 heavy (non-hydrogen) atoms. The maximum Gasteiger partial charge on any atom is 0.338 e. The van der Waals surface area contributed by atoms with Crippen molar-refractivity contribution >= 4 is 17.8 Å². The van der Waals surface area contributed by atoms with Crippen LogP contribution in [0.2, 0.25) is 0 Å². The van der Waals surface area contributed by atoms with Crippen molar-refractivity contribution in [2.75, 3.05) is 33.4 Å². The molecule has 3 rings (SSSR count). The summed E-state index contributed by atoms with van der Waals surface area (Å²) in [7, 11) is 1.28. The van der Waals surface area contributed by atoms with Crippen LogP contribution in [0.3, 0.4) is 0 Å². The Morgan fingerprint density at radius 1 is 0.786 bits per heavy atom. The number of carbonyl (C=O) groups excluding carboxylic acids is 3. The van der Waals surface area contributed by atoms with Crippen LogP contribution in [0.15, 0.2) is 46.6 Å². The third-order valence-electron chi connectivity index (χ3n) is 6.73. The van der Waals surface area contributed by atoms with Gasteiger partial charge in [0.2, 0.25) is 0 Å². The normalized spacial score (nSPS) is 11.9. The molecule has 0 unspecified atom stereocenters. The maximum absolute atomic E-state index is 13.2. The van der Waals surface area contributed by atoms with Crippen molar-refractivity contribution in [3.63, 3.8) is 0 Å². The van der Waals surface area contributed by atoms with Gasteiger partial charge in [0.15, 0.2) is 0 Å². The fourth-order valence-electron chi connectivity index (χ4n) is 4.54. The minimum Gasteiger partial charge on any atom is -0.493 e. The Morgan fingerprint density at radius 3 is 1.71 bits per heavy atom.